The summed E-state index contributed by atoms with van der Waals surface area (Å²) in [4.78, 5) is 19.7. The van der Waals surface area contributed by atoms with Gasteiger partial charge in [0.25, 0.3) is 0 Å². The first-order valence-corrected chi connectivity index (χ1v) is 7.33. The third-order valence-corrected chi connectivity index (χ3v) is 2.94. The van der Waals surface area contributed by atoms with Crippen LogP contribution < -0.4 is 5.32 Å². The molecule has 0 aromatic rings. The highest BCUT2D eigenvalue weighted by molar-refractivity contribution is 5.84. The van der Waals surface area contributed by atoms with Gasteiger partial charge in [-0.05, 0) is 19.3 Å². The number of carbonyl (C=O) groups is 1. The van der Waals surface area contributed by atoms with E-state index in [4.69, 9.17) is 0 Å². The molecular weight excluding hydrogens is 252 g/mol. The topological polar surface area (TPSA) is 47.9 Å². The Bertz CT molecular complexity index is 313. The summed E-state index contributed by atoms with van der Waals surface area (Å²) < 4.78 is 0. The first-order valence-electron chi connectivity index (χ1n) is 7.33. The Morgan fingerprint density at radius 1 is 1.30 bits per heavy atom. The number of allylic oxidation sites excluding steroid dienone is 1. The fourth-order valence-corrected chi connectivity index (χ4v) is 1.55. The van der Waals surface area contributed by atoms with Crippen LogP contribution in [-0.2, 0) is 4.79 Å². The van der Waals surface area contributed by atoms with Gasteiger partial charge in [0.05, 0.1) is 0 Å². The quantitative estimate of drug-likeness (QED) is 0.303. The van der Waals surface area contributed by atoms with Crippen LogP contribution in [0.25, 0.3) is 0 Å². The van der Waals surface area contributed by atoms with Crippen LogP contribution in [0.1, 0.15) is 32.6 Å². The van der Waals surface area contributed by atoms with Crippen LogP contribution in [0.5, 0.6) is 0 Å². The highest BCUT2D eigenvalue weighted by Gasteiger charge is 2.08. The molecule has 116 valence electrons. The van der Waals surface area contributed by atoms with Crippen molar-refractivity contribution in [1.29, 1.82) is 0 Å². The van der Waals surface area contributed by atoms with Gasteiger partial charge in [-0.3, -0.25) is 4.79 Å². The van der Waals surface area contributed by atoms with Gasteiger partial charge in [0.15, 0.2) is 5.96 Å². The lowest BCUT2D eigenvalue weighted by Gasteiger charge is -2.22. The number of hydrogen-bond donors (Lipinski definition) is 1. The van der Waals surface area contributed by atoms with E-state index < -0.39 is 0 Å². The number of nitrogens with zero attached hydrogens (tertiary/aromatic N) is 3. The van der Waals surface area contributed by atoms with Gasteiger partial charge < -0.3 is 15.1 Å². The van der Waals surface area contributed by atoms with Crippen LogP contribution in [0.3, 0.4) is 0 Å². The van der Waals surface area contributed by atoms with Gasteiger partial charge >= 0.3 is 0 Å². The molecule has 0 unspecified atom stereocenters. The van der Waals surface area contributed by atoms with Crippen molar-refractivity contribution in [2.45, 2.75) is 32.6 Å². The summed E-state index contributed by atoms with van der Waals surface area (Å²) in [6.45, 7) is 7.86. The van der Waals surface area contributed by atoms with E-state index in [1.165, 1.54) is 0 Å². The molecule has 0 bridgehead atoms. The molecule has 0 rings (SSSR count). The molecule has 0 heterocycles. The molecule has 0 spiro atoms. The monoisotopic (exact) mass is 282 g/mol. The number of aliphatic imine (C=N–C) groups is 1. The number of guanidine groups is 1. The number of likely N-dealkylation sites (N-methyl/N-ethyl adjacent to an activating group) is 1. The van der Waals surface area contributed by atoms with Crippen molar-refractivity contribution in [2.24, 2.45) is 4.99 Å². The van der Waals surface area contributed by atoms with Gasteiger partial charge in [-0.1, -0.05) is 19.4 Å². The molecule has 1 N–H and O–H groups in total. The minimum atomic E-state index is 0.0132. The standard InChI is InChI=1S/C15H30N4O/c1-6-8-10-12-19(5)15(16-11-9-7-2)17-13-14(20)18(3)4/h6H,1,7-13H2,2-5H3,(H,16,17). The third-order valence-electron chi connectivity index (χ3n) is 2.94. The molecule has 0 aromatic carbocycles. The van der Waals surface area contributed by atoms with E-state index in [-0.39, 0.29) is 12.5 Å². The Kier molecular flexibility index (Phi) is 10.5. The van der Waals surface area contributed by atoms with E-state index in [9.17, 15) is 4.79 Å². The van der Waals surface area contributed by atoms with Crippen molar-refractivity contribution >= 4 is 11.9 Å². The minimum absolute atomic E-state index is 0.0132. The maximum absolute atomic E-state index is 11.6. The van der Waals surface area contributed by atoms with Crippen molar-refractivity contribution < 1.29 is 4.79 Å². The normalized spacial score (nSPS) is 11.1. The van der Waals surface area contributed by atoms with Gasteiger partial charge in [0, 0.05) is 34.2 Å². The van der Waals surface area contributed by atoms with Crippen molar-refractivity contribution in [3.05, 3.63) is 12.7 Å². The number of rotatable bonds is 9. The van der Waals surface area contributed by atoms with Gasteiger partial charge in [0.1, 0.15) is 6.54 Å². The zero-order valence-electron chi connectivity index (χ0n) is 13.5. The summed E-state index contributed by atoms with van der Waals surface area (Å²) in [6, 6.07) is 0. The summed E-state index contributed by atoms with van der Waals surface area (Å²) in [5.74, 6) is 0.817. The van der Waals surface area contributed by atoms with Crippen LogP contribution in [0, 0.1) is 0 Å². The predicted molar refractivity (Wildman–Crippen MR) is 86.0 cm³/mol. The first kappa shape index (κ1) is 18.5. The Labute approximate surface area is 123 Å². The number of nitrogens with one attached hydrogen (secondary N) is 1. The highest BCUT2D eigenvalue weighted by atomic mass is 16.2. The number of amides is 1. The highest BCUT2D eigenvalue weighted by Crippen LogP contribution is 1.96. The molecule has 0 saturated carbocycles. The molecule has 1 amide bonds. The van der Waals surface area contributed by atoms with E-state index >= 15 is 0 Å². The SMILES string of the molecule is C=CCCCN(C)C(=NCC(=O)N(C)C)NCCCC. The molecule has 5 nitrogen and oxygen atoms in total. The summed E-state index contributed by atoms with van der Waals surface area (Å²) in [5.41, 5.74) is 0. The molecule has 0 aliphatic carbocycles. The molecule has 0 saturated heterocycles. The van der Waals surface area contributed by atoms with Gasteiger partial charge in [-0.25, -0.2) is 4.99 Å². The van der Waals surface area contributed by atoms with E-state index in [2.05, 4.69) is 28.7 Å². The lowest BCUT2D eigenvalue weighted by atomic mass is 10.3. The van der Waals surface area contributed by atoms with Gasteiger partial charge in [-0.2, -0.15) is 0 Å². The van der Waals surface area contributed by atoms with Crippen LogP contribution in [-0.4, -0.2) is 62.4 Å². The van der Waals surface area contributed by atoms with Crippen LogP contribution in [0.4, 0.5) is 0 Å². The Morgan fingerprint density at radius 3 is 2.55 bits per heavy atom. The summed E-state index contributed by atoms with van der Waals surface area (Å²) in [6.07, 6.45) is 6.18. The Balaban J connectivity index is 4.48. The Morgan fingerprint density at radius 2 is 2.00 bits per heavy atom. The lowest BCUT2D eigenvalue weighted by Crippen LogP contribution is -2.40. The summed E-state index contributed by atoms with van der Waals surface area (Å²) in [5, 5.41) is 3.32. The summed E-state index contributed by atoms with van der Waals surface area (Å²) >= 11 is 0. The zero-order chi connectivity index (χ0) is 15.4. The van der Waals surface area contributed by atoms with Gasteiger partial charge in [-0.15, -0.1) is 6.58 Å². The molecule has 5 heteroatoms. The number of carbonyl (C=O) groups excluding carboxylic acids is 1. The maximum atomic E-state index is 11.6. The van der Waals surface area contributed by atoms with E-state index in [1.807, 2.05) is 13.1 Å². The molecule has 0 radical (unpaired) electrons. The molecule has 0 aromatic heterocycles. The minimum Gasteiger partial charge on any atom is -0.356 e. The molecular formula is C15H30N4O. The smallest absolute Gasteiger partial charge is 0.243 e. The van der Waals surface area contributed by atoms with Crippen LogP contribution in [0.15, 0.2) is 17.6 Å². The fraction of sp³-hybridized carbons (Fsp3) is 0.733. The molecule has 20 heavy (non-hydrogen) atoms. The largest absolute Gasteiger partial charge is 0.356 e. The van der Waals surface area contributed by atoms with E-state index in [1.54, 1.807) is 19.0 Å². The third kappa shape index (κ3) is 8.56. The number of hydrogen-bond acceptors (Lipinski definition) is 2. The van der Waals surface area contributed by atoms with Crippen LogP contribution in [0.2, 0.25) is 0 Å². The first-order chi connectivity index (χ1) is 9.52. The van der Waals surface area contributed by atoms with Crippen LogP contribution >= 0.6 is 0 Å². The lowest BCUT2D eigenvalue weighted by molar-refractivity contribution is -0.127. The summed E-state index contributed by atoms with van der Waals surface area (Å²) in [7, 11) is 5.49. The second-order valence-corrected chi connectivity index (χ2v) is 5.06. The van der Waals surface area contributed by atoms with Crippen molar-refractivity contribution in [3.63, 3.8) is 0 Å². The van der Waals surface area contributed by atoms with E-state index in [0.717, 1.165) is 44.7 Å². The zero-order valence-corrected chi connectivity index (χ0v) is 13.5. The van der Waals surface area contributed by atoms with Gasteiger partial charge in [0.2, 0.25) is 5.91 Å². The second kappa shape index (κ2) is 11.3. The van der Waals surface area contributed by atoms with Crippen molar-refractivity contribution in [3.8, 4) is 0 Å². The van der Waals surface area contributed by atoms with Crippen molar-refractivity contribution in [1.82, 2.24) is 15.1 Å². The second-order valence-electron chi connectivity index (χ2n) is 5.06. The van der Waals surface area contributed by atoms with Crippen molar-refractivity contribution in [2.75, 3.05) is 40.8 Å². The fourth-order valence-electron chi connectivity index (χ4n) is 1.55. The molecule has 0 aliphatic rings. The average Bonchev–Trinajstić information content (AvgIpc) is 2.42. The Hall–Kier alpha value is -1.52. The average molecular weight is 282 g/mol. The maximum Gasteiger partial charge on any atom is 0.243 e. The molecule has 0 fully saturated rings. The molecule has 0 aliphatic heterocycles. The van der Waals surface area contributed by atoms with E-state index in [0.29, 0.717) is 0 Å². The molecule has 0 atom stereocenters. The number of unbranched alkanes of at least 4 members (excludes halogenated alkanes) is 2. The predicted octanol–water partition coefficient (Wildman–Crippen LogP) is 1.72.